The van der Waals surface area contributed by atoms with Crippen LogP contribution < -0.4 is 15.4 Å². The molecule has 2 N–H and O–H groups in total. The summed E-state index contributed by atoms with van der Waals surface area (Å²) >= 11 is 5.51. The first-order chi connectivity index (χ1) is 11.2. The molecule has 2 fully saturated rings. The standard InChI is InChI=1S/C19H28N2OS/c1-2-19(13-5-6-14-19)21-18(23)20-15-9-11-17(12-10-15)22-16-7-3-4-8-16/h9-12,16H,2-8,13-14H2,1H3,(H2,20,21,23). The van der Waals surface area contributed by atoms with Gasteiger partial charge in [-0.15, -0.1) is 0 Å². The molecule has 2 aliphatic rings. The summed E-state index contributed by atoms with van der Waals surface area (Å²) in [6.07, 6.45) is 11.5. The van der Waals surface area contributed by atoms with Gasteiger partial charge in [-0.2, -0.15) is 0 Å². The highest BCUT2D eigenvalue weighted by Gasteiger charge is 2.32. The Bertz CT molecular complexity index is 517. The first-order valence-electron chi connectivity index (χ1n) is 9.05. The minimum absolute atomic E-state index is 0.204. The van der Waals surface area contributed by atoms with E-state index in [-0.39, 0.29) is 5.54 Å². The summed E-state index contributed by atoms with van der Waals surface area (Å²) in [5, 5.41) is 7.60. The molecule has 1 aromatic carbocycles. The molecule has 0 bridgehead atoms. The minimum atomic E-state index is 0.204. The largest absolute Gasteiger partial charge is 0.490 e. The molecule has 0 amide bonds. The molecule has 0 aliphatic heterocycles. The monoisotopic (exact) mass is 332 g/mol. The first-order valence-corrected chi connectivity index (χ1v) is 9.46. The average molecular weight is 333 g/mol. The van der Waals surface area contributed by atoms with Gasteiger partial charge in [0.15, 0.2) is 5.11 Å². The number of hydrogen-bond acceptors (Lipinski definition) is 2. The molecule has 2 saturated carbocycles. The lowest BCUT2D eigenvalue weighted by Crippen LogP contribution is -2.47. The Morgan fingerprint density at radius 1 is 1.13 bits per heavy atom. The van der Waals surface area contributed by atoms with Gasteiger partial charge >= 0.3 is 0 Å². The van der Waals surface area contributed by atoms with Crippen LogP contribution in [0.5, 0.6) is 5.75 Å². The van der Waals surface area contributed by atoms with Crippen LogP contribution in [0.1, 0.15) is 64.7 Å². The molecule has 23 heavy (non-hydrogen) atoms. The number of thiocarbonyl (C=S) groups is 1. The highest BCUT2D eigenvalue weighted by molar-refractivity contribution is 7.80. The molecule has 0 spiro atoms. The fraction of sp³-hybridized carbons (Fsp3) is 0.632. The molecule has 0 atom stereocenters. The van der Waals surface area contributed by atoms with Crippen molar-refractivity contribution in [3.63, 3.8) is 0 Å². The summed E-state index contributed by atoms with van der Waals surface area (Å²) in [7, 11) is 0. The van der Waals surface area contributed by atoms with Crippen molar-refractivity contribution in [2.75, 3.05) is 5.32 Å². The van der Waals surface area contributed by atoms with Crippen molar-refractivity contribution >= 4 is 23.0 Å². The van der Waals surface area contributed by atoms with Crippen LogP contribution in [0.4, 0.5) is 5.69 Å². The van der Waals surface area contributed by atoms with E-state index in [4.69, 9.17) is 17.0 Å². The predicted molar refractivity (Wildman–Crippen MR) is 100 cm³/mol. The second-order valence-electron chi connectivity index (χ2n) is 6.97. The fourth-order valence-corrected chi connectivity index (χ4v) is 4.17. The van der Waals surface area contributed by atoms with Crippen molar-refractivity contribution in [2.45, 2.75) is 76.4 Å². The predicted octanol–water partition coefficient (Wildman–Crippen LogP) is 5.02. The maximum absolute atomic E-state index is 6.00. The van der Waals surface area contributed by atoms with Gasteiger partial charge in [-0.3, -0.25) is 0 Å². The van der Waals surface area contributed by atoms with Crippen LogP contribution in [0.2, 0.25) is 0 Å². The maximum atomic E-state index is 6.00. The number of rotatable bonds is 5. The number of benzene rings is 1. The number of nitrogens with one attached hydrogen (secondary N) is 2. The Kier molecular flexibility index (Phi) is 5.42. The van der Waals surface area contributed by atoms with E-state index in [1.165, 1.54) is 51.4 Å². The van der Waals surface area contributed by atoms with Crippen LogP contribution in [-0.2, 0) is 0 Å². The van der Waals surface area contributed by atoms with Crippen LogP contribution >= 0.6 is 12.2 Å². The van der Waals surface area contributed by atoms with Gasteiger partial charge in [0.05, 0.1) is 6.10 Å². The van der Waals surface area contributed by atoms with Gasteiger partial charge in [-0.25, -0.2) is 0 Å². The average Bonchev–Trinajstić information content (AvgIpc) is 3.21. The lowest BCUT2D eigenvalue weighted by atomic mass is 9.95. The van der Waals surface area contributed by atoms with E-state index in [0.717, 1.165) is 23.0 Å². The molecular weight excluding hydrogens is 304 g/mol. The third-order valence-electron chi connectivity index (χ3n) is 5.33. The maximum Gasteiger partial charge on any atom is 0.171 e. The Morgan fingerprint density at radius 2 is 1.78 bits per heavy atom. The van der Waals surface area contributed by atoms with E-state index in [2.05, 4.69) is 17.6 Å². The third kappa shape index (κ3) is 4.37. The molecule has 3 nitrogen and oxygen atoms in total. The number of ether oxygens (including phenoxy) is 1. The van der Waals surface area contributed by atoms with Crippen molar-refractivity contribution in [3.05, 3.63) is 24.3 Å². The fourth-order valence-electron chi connectivity index (χ4n) is 3.84. The quantitative estimate of drug-likeness (QED) is 0.742. The van der Waals surface area contributed by atoms with E-state index in [1.54, 1.807) is 0 Å². The van der Waals surface area contributed by atoms with Crippen molar-refractivity contribution in [1.29, 1.82) is 0 Å². The van der Waals surface area contributed by atoms with Gasteiger partial charge in [0.2, 0.25) is 0 Å². The van der Waals surface area contributed by atoms with E-state index in [1.807, 2.05) is 24.3 Å². The Balaban J connectivity index is 1.52. The van der Waals surface area contributed by atoms with Crippen LogP contribution in [-0.4, -0.2) is 16.8 Å². The molecule has 0 aromatic heterocycles. The molecule has 0 heterocycles. The minimum Gasteiger partial charge on any atom is -0.490 e. The van der Waals surface area contributed by atoms with E-state index in [9.17, 15) is 0 Å². The van der Waals surface area contributed by atoms with E-state index in [0.29, 0.717) is 6.10 Å². The topological polar surface area (TPSA) is 33.3 Å². The zero-order valence-corrected chi connectivity index (χ0v) is 14.9. The molecule has 0 radical (unpaired) electrons. The van der Waals surface area contributed by atoms with Gasteiger partial charge in [-0.1, -0.05) is 19.8 Å². The van der Waals surface area contributed by atoms with Crippen LogP contribution in [0.25, 0.3) is 0 Å². The molecule has 3 rings (SSSR count). The molecule has 0 saturated heterocycles. The van der Waals surface area contributed by atoms with E-state index < -0.39 is 0 Å². The second kappa shape index (κ2) is 7.52. The smallest absolute Gasteiger partial charge is 0.171 e. The van der Waals surface area contributed by atoms with Crippen LogP contribution in [0.15, 0.2) is 24.3 Å². The molecule has 126 valence electrons. The van der Waals surface area contributed by atoms with Crippen molar-refractivity contribution < 1.29 is 4.74 Å². The first kappa shape index (κ1) is 16.6. The lowest BCUT2D eigenvalue weighted by molar-refractivity contribution is 0.210. The summed E-state index contributed by atoms with van der Waals surface area (Å²) in [5.74, 6) is 0.960. The number of anilines is 1. The van der Waals surface area contributed by atoms with Crippen LogP contribution in [0.3, 0.4) is 0 Å². The zero-order chi connectivity index (χ0) is 16.1. The normalized spacial score (nSPS) is 20.4. The van der Waals surface area contributed by atoms with Gasteiger partial charge < -0.3 is 15.4 Å². The second-order valence-corrected chi connectivity index (χ2v) is 7.38. The third-order valence-corrected chi connectivity index (χ3v) is 5.54. The van der Waals surface area contributed by atoms with Gasteiger partial charge in [0, 0.05) is 11.2 Å². The van der Waals surface area contributed by atoms with Gasteiger partial charge in [-0.05, 0) is 81.4 Å². The number of hydrogen-bond donors (Lipinski definition) is 2. The highest BCUT2D eigenvalue weighted by Crippen LogP contribution is 2.32. The van der Waals surface area contributed by atoms with Crippen molar-refractivity contribution in [2.24, 2.45) is 0 Å². The summed E-state index contributed by atoms with van der Waals surface area (Å²) in [6, 6.07) is 8.17. The van der Waals surface area contributed by atoms with Crippen LogP contribution in [0, 0.1) is 0 Å². The molecular formula is C19H28N2OS. The Morgan fingerprint density at radius 3 is 2.39 bits per heavy atom. The Labute approximate surface area is 145 Å². The lowest BCUT2D eigenvalue weighted by Gasteiger charge is -2.30. The van der Waals surface area contributed by atoms with Gasteiger partial charge in [0.25, 0.3) is 0 Å². The summed E-state index contributed by atoms with van der Waals surface area (Å²) < 4.78 is 6.00. The Hall–Kier alpha value is -1.29. The molecule has 4 heteroatoms. The molecule has 0 unspecified atom stereocenters. The zero-order valence-electron chi connectivity index (χ0n) is 14.1. The summed E-state index contributed by atoms with van der Waals surface area (Å²) in [6.45, 7) is 2.25. The SMILES string of the molecule is CCC1(NC(=S)Nc2ccc(OC3CCCC3)cc2)CCCC1. The van der Waals surface area contributed by atoms with Crippen molar-refractivity contribution in [3.8, 4) is 5.75 Å². The summed E-state index contributed by atoms with van der Waals surface area (Å²) in [4.78, 5) is 0. The van der Waals surface area contributed by atoms with Gasteiger partial charge in [0.1, 0.15) is 5.75 Å². The van der Waals surface area contributed by atoms with Crippen molar-refractivity contribution in [1.82, 2.24) is 5.32 Å². The summed E-state index contributed by atoms with van der Waals surface area (Å²) in [5.41, 5.74) is 1.22. The molecule has 2 aliphatic carbocycles. The molecule has 1 aromatic rings. The van der Waals surface area contributed by atoms with E-state index >= 15 is 0 Å². The highest BCUT2D eigenvalue weighted by atomic mass is 32.1.